The van der Waals surface area contributed by atoms with Crippen molar-refractivity contribution >= 4 is 5.91 Å². The fourth-order valence-corrected chi connectivity index (χ4v) is 7.62. The molecule has 7 N–H and O–H groups in total. The second-order valence-electron chi connectivity index (χ2n) is 15.5. The molecule has 2 aliphatic rings. The van der Waals surface area contributed by atoms with Crippen LogP contribution in [-0.4, -0.2) is 98.7 Å². The fourth-order valence-electron chi connectivity index (χ4n) is 7.62. The van der Waals surface area contributed by atoms with Crippen molar-refractivity contribution in [3.8, 4) is 0 Å². The first-order valence-electron chi connectivity index (χ1n) is 20.9. The normalized spacial score (nSPS) is 24.7. The van der Waals surface area contributed by atoms with Gasteiger partial charge in [-0.2, -0.15) is 0 Å². The average molecular weight is 716 g/mol. The third kappa shape index (κ3) is 19.3. The van der Waals surface area contributed by atoms with Gasteiger partial charge in [0, 0.05) is 6.42 Å². The third-order valence-electron chi connectivity index (χ3n) is 11.0. The van der Waals surface area contributed by atoms with Crippen molar-refractivity contribution in [1.82, 2.24) is 5.32 Å². The summed E-state index contributed by atoms with van der Waals surface area (Å²) in [6, 6.07) is -0.971. The summed E-state index contributed by atoms with van der Waals surface area (Å²) in [5, 5.41) is 64.6. The van der Waals surface area contributed by atoms with Crippen LogP contribution < -0.4 is 5.32 Å². The molecular weight excluding hydrogens is 638 g/mol. The number of unbranched alkanes of at least 4 members (excludes halogenated alkanes) is 20. The van der Waals surface area contributed by atoms with E-state index in [4.69, 9.17) is 9.47 Å². The van der Waals surface area contributed by atoms with Crippen LogP contribution in [0.5, 0.6) is 0 Å². The zero-order chi connectivity index (χ0) is 36.4. The van der Waals surface area contributed by atoms with Crippen LogP contribution in [-0.2, 0) is 14.3 Å². The first-order chi connectivity index (χ1) is 24.3. The first-order valence-corrected chi connectivity index (χ1v) is 20.9. The van der Waals surface area contributed by atoms with Crippen molar-refractivity contribution < 1.29 is 44.9 Å². The number of aliphatic hydroxyl groups excluding tert-OH is 6. The smallest absolute Gasteiger partial charge is 0.220 e. The van der Waals surface area contributed by atoms with Crippen molar-refractivity contribution in [1.29, 1.82) is 0 Å². The van der Waals surface area contributed by atoms with E-state index in [1.807, 2.05) is 0 Å². The van der Waals surface area contributed by atoms with Crippen LogP contribution in [0.2, 0.25) is 0 Å². The van der Waals surface area contributed by atoms with E-state index in [9.17, 15) is 35.4 Å². The van der Waals surface area contributed by atoms with E-state index < -0.39 is 55.6 Å². The monoisotopic (exact) mass is 716 g/mol. The van der Waals surface area contributed by atoms with Crippen molar-refractivity contribution in [2.45, 2.75) is 229 Å². The maximum atomic E-state index is 12.9. The third-order valence-corrected chi connectivity index (χ3v) is 11.0. The molecule has 2 rings (SSSR count). The predicted molar refractivity (Wildman–Crippen MR) is 197 cm³/mol. The predicted octanol–water partition coefficient (Wildman–Crippen LogP) is 6.19. The molecule has 1 saturated carbocycles. The molecule has 1 heterocycles. The van der Waals surface area contributed by atoms with Crippen LogP contribution in [0, 0.1) is 5.92 Å². The lowest BCUT2D eigenvalue weighted by molar-refractivity contribution is -0.303. The molecule has 1 aliphatic carbocycles. The van der Waals surface area contributed by atoms with Crippen LogP contribution in [0.1, 0.15) is 180 Å². The van der Waals surface area contributed by atoms with Gasteiger partial charge in [0.1, 0.15) is 30.5 Å². The largest absolute Gasteiger partial charge is 0.394 e. The van der Waals surface area contributed by atoms with E-state index in [2.05, 4.69) is 12.2 Å². The summed E-state index contributed by atoms with van der Waals surface area (Å²) in [5.41, 5.74) is 0. The fraction of sp³-hybridized carbons (Fsp3) is 0.975. The lowest BCUT2D eigenvalue weighted by atomic mass is 9.94. The lowest BCUT2D eigenvalue weighted by Gasteiger charge is -2.40. The van der Waals surface area contributed by atoms with Gasteiger partial charge in [0.25, 0.3) is 0 Å². The summed E-state index contributed by atoms with van der Waals surface area (Å²) in [6.07, 6.45) is 22.6. The standard InChI is InChI=1S/C40H77NO9/c1-2-3-4-5-6-7-8-9-10-11-12-13-14-15-16-17-18-19-20-21-22-27-35(44)41-32(36(45)33(43)28-31-25-23-24-26-31)30-49-40-39(48)38(47)37(46)34(29-42)50-40/h31-34,36-40,42-43,45-48H,2-30H2,1H3,(H,41,44)/t32-,33+,34+,36-,37-,38-,39+,40-/m0/s1. The van der Waals surface area contributed by atoms with Crippen LogP contribution in [0.15, 0.2) is 0 Å². The molecule has 2 fully saturated rings. The summed E-state index contributed by atoms with van der Waals surface area (Å²) in [7, 11) is 0. The van der Waals surface area contributed by atoms with Crippen LogP contribution >= 0.6 is 0 Å². The number of hydrogen-bond donors (Lipinski definition) is 7. The Balaban J connectivity index is 1.56. The molecule has 296 valence electrons. The molecule has 10 heteroatoms. The Morgan fingerprint density at radius 2 is 1.16 bits per heavy atom. The summed E-state index contributed by atoms with van der Waals surface area (Å²) in [6.45, 7) is 1.39. The van der Waals surface area contributed by atoms with Gasteiger partial charge in [-0.15, -0.1) is 0 Å². The summed E-state index contributed by atoms with van der Waals surface area (Å²) in [5.74, 6) is 0.0684. The minimum absolute atomic E-state index is 0.252. The number of ether oxygens (including phenoxy) is 2. The van der Waals surface area contributed by atoms with Crippen LogP contribution in [0.4, 0.5) is 0 Å². The van der Waals surface area contributed by atoms with Gasteiger partial charge < -0.3 is 45.4 Å². The highest BCUT2D eigenvalue weighted by Crippen LogP contribution is 2.30. The van der Waals surface area contributed by atoms with Gasteiger partial charge in [-0.1, -0.05) is 161 Å². The number of nitrogens with one attached hydrogen (secondary N) is 1. The van der Waals surface area contributed by atoms with E-state index in [0.717, 1.165) is 44.9 Å². The Morgan fingerprint density at radius 3 is 1.62 bits per heavy atom. The molecule has 0 unspecified atom stereocenters. The van der Waals surface area contributed by atoms with Gasteiger partial charge >= 0.3 is 0 Å². The zero-order valence-electron chi connectivity index (χ0n) is 31.6. The SMILES string of the molecule is CCCCCCCCCCCCCCCCCCCCCCCC(=O)N[C@@H](CO[C@H]1O[C@H](CO)[C@H](O)[C@H](O)[C@H]1O)[C@H](O)[C@H](O)CC1CCCC1. The molecule has 8 atom stereocenters. The highest BCUT2D eigenvalue weighted by atomic mass is 16.7. The number of hydrogen-bond acceptors (Lipinski definition) is 9. The van der Waals surface area contributed by atoms with Crippen molar-refractivity contribution in [3.05, 3.63) is 0 Å². The van der Waals surface area contributed by atoms with Crippen LogP contribution in [0.3, 0.4) is 0 Å². The number of rotatable bonds is 31. The van der Waals surface area contributed by atoms with E-state index >= 15 is 0 Å². The number of carbonyl (C=O) groups excluding carboxylic acids is 1. The molecule has 0 radical (unpaired) electrons. The number of carbonyl (C=O) groups is 1. The van der Waals surface area contributed by atoms with Gasteiger partial charge in [0.2, 0.25) is 5.91 Å². The van der Waals surface area contributed by atoms with Crippen molar-refractivity contribution in [2.24, 2.45) is 5.92 Å². The summed E-state index contributed by atoms with van der Waals surface area (Å²) >= 11 is 0. The van der Waals surface area contributed by atoms with E-state index in [-0.39, 0.29) is 12.5 Å². The van der Waals surface area contributed by atoms with Gasteiger partial charge in [-0.3, -0.25) is 4.79 Å². The quantitative estimate of drug-likeness (QED) is 0.0414. The molecule has 0 aromatic rings. The van der Waals surface area contributed by atoms with Gasteiger partial charge in [0.05, 0.1) is 25.4 Å². The van der Waals surface area contributed by atoms with Gasteiger partial charge in [-0.05, 0) is 18.8 Å². The Hall–Kier alpha value is -0.850. The molecule has 0 bridgehead atoms. The molecule has 10 nitrogen and oxygen atoms in total. The number of aliphatic hydroxyl groups is 6. The van der Waals surface area contributed by atoms with E-state index in [1.54, 1.807) is 0 Å². The maximum absolute atomic E-state index is 12.9. The van der Waals surface area contributed by atoms with Gasteiger partial charge in [-0.25, -0.2) is 0 Å². The molecule has 0 aromatic carbocycles. The Kier molecular flexibility index (Phi) is 25.9. The Labute approximate surface area is 304 Å². The highest BCUT2D eigenvalue weighted by molar-refractivity contribution is 5.76. The zero-order valence-corrected chi connectivity index (χ0v) is 31.6. The lowest BCUT2D eigenvalue weighted by Crippen LogP contribution is -2.60. The summed E-state index contributed by atoms with van der Waals surface area (Å²) in [4.78, 5) is 12.9. The molecular formula is C40H77NO9. The summed E-state index contributed by atoms with van der Waals surface area (Å²) < 4.78 is 11.1. The molecule has 1 aliphatic heterocycles. The second-order valence-corrected chi connectivity index (χ2v) is 15.5. The number of amides is 1. The van der Waals surface area contributed by atoms with E-state index in [1.165, 1.54) is 116 Å². The minimum Gasteiger partial charge on any atom is -0.394 e. The molecule has 50 heavy (non-hydrogen) atoms. The van der Waals surface area contributed by atoms with Crippen molar-refractivity contribution in [2.75, 3.05) is 13.2 Å². The average Bonchev–Trinajstić information content (AvgIpc) is 3.63. The highest BCUT2D eigenvalue weighted by Gasteiger charge is 2.44. The Bertz CT molecular complexity index is 812. The Morgan fingerprint density at radius 1 is 0.700 bits per heavy atom. The van der Waals surface area contributed by atoms with Gasteiger partial charge in [0.15, 0.2) is 6.29 Å². The topological polar surface area (TPSA) is 169 Å². The van der Waals surface area contributed by atoms with E-state index in [0.29, 0.717) is 18.8 Å². The van der Waals surface area contributed by atoms with Crippen molar-refractivity contribution in [3.63, 3.8) is 0 Å². The molecule has 1 amide bonds. The maximum Gasteiger partial charge on any atom is 0.220 e. The first kappa shape index (κ1) is 45.3. The molecule has 1 saturated heterocycles. The molecule has 0 aromatic heterocycles. The second kappa shape index (κ2) is 28.6. The minimum atomic E-state index is -1.60. The molecule has 0 spiro atoms. The van der Waals surface area contributed by atoms with Crippen LogP contribution in [0.25, 0.3) is 0 Å².